The monoisotopic (exact) mass is 625 g/mol. The fraction of sp³-hybridized carbons (Fsp3) is 0.120. The lowest BCUT2D eigenvalue weighted by atomic mass is 10.0. The van der Waals surface area contributed by atoms with Crippen LogP contribution in [0.5, 0.6) is 5.75 Å². The Hall–Kier alpha value is -3.49. The molecule has 0 aliphatic rings. The van der Waals surface area contributed by atoms with Crippen LogP contribution >= 0.6 is 23.2 Å². The van der Waals surface area contributed by atoms with Crippen molar-refractivity contribution in [2.75, 3.05) is 18.0 Å². The van der Waals surface area contributed by atoms with Gasteiger partial charge in [0.05, 0.1) is 25.5 Å². The van der Waals surface area contributed by atoms with Crippen LogP contribution in [0.4, 0.5) is 15.7 Å². The standard InChI is InChI=1S/C25H22Cl2FN5O5S2/c26-20-10-3-16(13-21(20)27)23-22(32-25(30)33-24(23)29)14-38-17-4-1-15(2-5-17)11-12-31-40(36,37)19-8-6-18(7-9-19)39(28,34)35/h1-10,13,31H,11-12,14H2,(H4,29,30,32,33). The van der Waals surface area contributed by atoms with E-state index in [0.717, 1.165) is 29.8 Å². The van der Waals surface area contributed by atoms with E-state index in [0.29, 0.717) is 39.0 Å². The van der Waals surface area contributed by atoms with E-state index >= 15 is 0 Å². The number of halogens is 3. The zero-order chi connectivity index (χ0) is 29.1. The molecule has 0 saturated heterocycles. The molecule has 0 amide bonds. The Balaban J connectivity index is 1.38. The number of sulfonamides is 1. The van der Waals surface area contributed by atoms with Crippen LogP contribution in [0.3, 0.4) is 0 Å². The van der Waals surface area contributed by atoms with Gasteiger partial charge >= 0.3 is 10.2 Å². The van der Waals surface area contributed by atoms with Crippen molar-refractivity contribution < 1.29 is 25.5 Å². The molecule has 0 atom stereocenters. The number of hydrogen-bond acceptors (Lipinski definition) is 9. The van der Waals surface area contributed by atoms with Crippen molar-refractivity contribution >= 4 is 55.2 Å². The first-order chi connectivity index (χ1) is 18.8. The third kappa shape index (κ3) is 7.17. The van der Waals surface area contributed by atoms with Crippen LogP contribution in [-0.2, 0) is 33.3 Å². The molecule has 3 aromatic carbocycles. The van der Waals surface area contributed by atoms with E-state index in [4.69, 9.17) is 39.4 Å². The first kappa shape index (κ1) is 29.5. The number of hydrogen-bond donors (Lipinski definition) is 3. The van der Waals surface area contributed by atoms with Gasteiger partial charge < -0.3 is 16.2 Å². The number of rotatable bonds is 10. The molecule has 0 unspecified atom stereocenters. The summed E-state index contributed by atoms with van der Waals surface area (Å²) >= 11 is 12.2. The highest BCUT2D eigenvalue weighted by molar-refractivity contribution is 7.89. The van der Waals surface area contributed by atoms with Crippen LogP contribution in [0.15, 0.2) is 76.5 Å². The molecular formula is C25H22Cl2FN5O5S2. The molecule has 4 rings (SSSR count). The van der Waals surface area contributed by atoms with Crippen molar-refractivity contribution in [3.63, 3.8) is 0 Å². The topological polar surface area (TPSA) is 167 Å². The van der Waals surface area contributed by atoms with Gasteiger partial charge in [-0.25, -0.2) is 18.1 Å². The molecule has 1 aromatic heterocycles. The first-order valence-corrected chi connectivity index (χ1v) is 15.1. The summed E-state index contributed by atoms with van der Waals surface area (Å²) in [5, 5.41) is 0.723. The van der Waals surface area contributed by atoms with Gasteiger partial charge in [0.1, 0.15) is 18.2 Å². The highest BCUT2D eigenvalue weighted by Crippen LogP contribution is 2.33. The van der Waals surface area contributed by atoms with Gasteiger partial charge in [-0.3, -0.25) is 0 Å². The van der Waals surface area contributed by atoms with Crippen molar-refractivity contribution in [2.45, 2.75) is 22.8 Å². The number of nitrogens with one attached hydrogen (secondary N) is 1. The normalized spacial score (nSPS) is 11.9. The predicted molar refractivity (Wildman–Crippen MR) is 151 cm³/mol. The van der Waals surface area contributed by atoms with E-state index in [1.807, 2.05) is 0 Å². The molecular weight excluding hydrogens is 604 g/mol. The smallest absolute Gasteiger partial charge is 0.332 e. The summed E-state index contributed by atoms with van der Waals surface area (Å²) in [6.45, 7) is 0.0896. The van der Waals surface area contributed by atoms with E-state index in [9.17, 15) is 20.7 Å². The van der Waals surface area contributed by atoms with E-state index in [1.165, 1.54) is 0 Å². The third-order valence-corrected chi connectivity index (χ3v) is 8.71. The summed E-state index contributed by atoms with van der Waals surface area (Å²) in [5.41, 5.74) is 14.3. The zero-order valence-electron chi connectivity index (χ0n) is 20.5. The van der Waals surface area contributed by atoms with E-state index in [2.05, 4.69) is 14.7 Å². The fourth-order valence-corrected chi connectivity index (χ4v) is 5.51. The van der Waals surface area contributed by atoms with Gasteiger partial charge in [0.2, 0.25) is 16.0 Å². The van der Waals surface area contributed by atoms with Gasteiger partial charge in [-0.2, -0.15) is 13.4 Å². The molecule has 4 aromatic rings. The summed E-state index contributed by atoms with van der Waals surface area (Å²) in [4.78, 5) is 7.50. The second-order valence-corrected chi connectivity index (χ2v) is 12.3. The van der Waals surface area contributed by atoms with Crippen molar-refractivity contribution in [3.05, 3.63) is 88.0 Å². The molecule has 0 fully saturated rings. The van der Waals surface area contributed by atoms with Gasteiger partial charge in [0.15, 0.2) is 0 Å². The number of nitrogens with zero attached hydrogens (tertiary/aromatic N) is 2. The molecule has 210 valence electrons. The van der Waals surface area contributed by atoms with Gasteiger partial charge in [0, 0.05) is 12.1 Å². The predicted octanol–water partition coefficient (Wildman–Crippen LogP) is 4.37. The van der Waals surface area contributed by atoms with Crippen LogP contribution < -0.4 is 20.9 Å². The Morgan fingerprint density at radius 1 is 0.850 bits per heavy atom. The third-order valence-electron chi connectivity index (χ3n) is 5.66. The molecule has 0 bridgehead atoms. The summed E-state index contributed by atoms with van der Waals surface area (Å²) in [7, 11) is -8.84. The second kappa shape index (κ2) is 11.9. The summed E-state index contributed by atoms with van der Waals surface area (Å²) in [5.74, 6) is 0.662. The number of benzene rings is 3. The van der Waals surface area contributed by atoms with Crippen LogP contribution in [0.2, 0.25) is 10.0 Å². The van der Waals surface area contributed by atoms with Crippen LogP contribution in [0, 0.1) is 0 Å². The van der Waals surface area contributed by atoms with Crippen LogP contribution in [0.1, 0.15) is 11.3 Å². The lowest BCUT2D eigenvalue weighted by Crippen LogP contribution is -2.26. The molecule has 15 heteroatoms. The van der Waals surface area contributed by atoms with Crippen molar-refractivity contribution in [3.8, 4) is 16.9 Å². The molecule has 40 heavy (non-hydrogen) atoms. The summed E-state index contributed by atoms with van der Waals surface area (Å²) in [6, 6.07) is 15.8. The quantitative estimate of drug-likeness (QED) is 0.217. The van der Waals surface area contributed by atoms with E-state index < -0.39 is 25.1 Å². The minimum absolute atomic E-state index is 0.0129. The van der Waals surface area contributed by atoms with Crippen LogP contribution in [0.25, 0.3) is 11.1 Å². The molecule has 0 radical (unpaired) electrons. The molecule has 10 nitrogen and oxygen atoms in total. The maximum Gasteiger partial charge on any atom is 0.332 e. The summed E-state index contributed by atoms with van der Waals surface area (Å²) in [6.07, 6.45) is 0.358. The number of anilines is 2. The lowest BCUT2D eigenvalue weighted by Gasteiger charge is -2.14. The van der Waals surface area contributed by atoms with Crippen molar-refractivity contribution in [2.24, 2.45) is 0 Å². The number of nitrogens with two attached hydrogens (primary N) is 2. The van der Waals surface area contributed by atoms with Crippen molar-refractivity contribution in [1.29, 1.82) is 0 Å². The van der Waals surface area contributed by atoms with Gasteiger partial charge in [0.25, 0.3) is 0 Å². The molecule has 0 aliphatic carbocycles. The maximum absolute atomic E-state index is 13.0. The molecule has 5 N–H and O–H groups in total. The Bertz CT molecular complexity index is 1760. The van der Waals surface area contributed by atoms with Gasteiger partial charge in [-0.1, -0.05) is 41.4 Å². The highest BCUT2D eigenvalue weighted by atomic mass is 35.5. The minimum Gasteiger partial charge on any atom is -0.487 e. The SMILES string of the molecule is Nc1nc(N)c(-c2ccc(Cl)c(Cl)c2)c(COc2ccc(CCNS(=O)(=O)c3ccc(S(=O)(=O)F)cc3)cc2)n1. The molecule has 0 aliphatic heterocycles. The van der Waals surface area contributed by atoms with Crippen LogP contribution in [-0.4, -0.2) is 33.3 Å². The Morgan fingerprint density at radius 3 is 2.12 bits per heavy atom. The van der Waals surface area contributed by atoms with Crippen molar-refractivity contribution in [1.82, 2.24) is 14.7 Å². The average Bonchev–Trinajstić information content (AvgIpc) is 2.89. The zero-order valence-corrected chi connectivity index (χ0v) is 23.7. The Labute approximate surface area is 240 Å². The Morgan fingerprint density at radius 2 is 1.50 bits per heavy atom. The molecule has 0 spiro atoms. The number of ether oxygens (including phenoxy) is 1. The Kier molecular flexibility index (Phi) is 8.80. The van der Waals surface area contributed by atoms with Gasteiger partial charge in [-0.05, 0) is 66.1 Å². The molecule has 1 heterocycles. The first-order valence-electron chi connectivity index (χ1n) is 11.5. The molecule has 0 saturated carbocycles. The maximum atomic E-state index is 13.0. The minimum atomic E-state index is -4.92. The largest absolute Gasteiger partial charge is 0.487 e. The van der Waals surface area contributed by atoms with E-state index in [-0.39, 0.29) is 29.8 Å². The second-order valence-electron chi connectivity index (χ2n) is 8.41. The fourth-order valence-electron chi connectivity index (χ4n) is 3.72. The average molecular weight is 627 g/mol. The number of aromatic nitrogens is 2. The number of nitrogen functional groups attached to an aromatic ring is 2. The van der Waals surface area contributed by atoms with Gasteiger partial charge in [-0.15, -0.1) is 3.89 Å². The lowest BCUT2D eigenvalue weighted by molar-refractivity contribution is 0.302. The summed E-state index contributed by atoms with van der Waals surface area (Å²) < 4.78 is 68.1. The van der Waals surface area contributed by atoms with E-state index in [1.54, 1.807) is 42.5 Å². The highest BCUT2D eigenvalue weighted by Gasteiger charge is 2.18.